The number of aryl methyl sites for hydroxylation is 2. The number of nitrogens with zero attached hydrogens (tertiary/aromatic N) is 4. The first-order chi connectivity index (χ1) is 16.6. The van der Waals surface area contributed by atoms with Crippen LogP contribution in [0, 0.1) is 0 Å². The van der Waals surface area contributed by atoms with Gasteiger partial charge in [0.2, 0.25) is 11.8 Å². The van der Waals surface area contributed by atoms with Crippen molar-refractivity contribution in [2.24, 2.45) is 5.73 Å². The second kappa shape index (κ2) is 9.82. The summed E-state index contributed by atoms with van der Waals surface area (Å²) in [5.41, 5.74) is 9.55. The summed E-state index contributed by atoms with van der Waals surface area (Å²) in [5.74, 6) is 0.433. The zero-order valence-electron chi connectivity index (χ0n) is 18.4. The lowest BCUT2D eigenvalue weighted by Gasteiger charge is -2.25. The molecule has 0 bridgehead atoms. The highest BCUT2D eigenvalue weighted by Gasteiger charge is 2.26. The molecule has 0 atom stereocenters. The molecule has 2 amide bonds. The minimum Gasteiger partial charge on any atom is -0.370 e. The lowest BCUT2D eigenvalue weighted by Crippen LogP contribution is -2.28. The molecule has 172 valence electrons. The average Bonchev–Trinajstić information content (AvgIpc) is 3.48. The highest BCUT2D eigenvalue weighted by Crippen LogP contribution is 2.37. The molecule has 34 heavy (non-hydrogen) atoms. The molecule has 7 nitrogen and oxygen atoms in total. The van der Waals surface area contributed by atoms with E-state index < -0.39 is 5.91 Å². The number of para-hydroxylation sites is 2. The van der Waals surface area contributed by atoms with E-state index >= 15 is 0 Å². The number of aromatic nitrogens is 3. The third-order valence-corrected chi connectivity index (χ3v) is 7.56. The number of carbonyl (C=O) groups excluding carboxylic acids is 2. The maximum absolute atomic E-state index is 13.6. The van der Waals surface area contributed by atoms with Gasteiger partial charge in [0.15, 0.2) is 11.0 Å². The standard InChI is InChI=1S/C25H23N5O2S2/c26-22(31)13-14-29-24(21-10-5-15-33-21)27-28-25(29)34-16-23(32)30-19-8-3-1-6-17(19)11-12-18-7-2-4-9-20(18)30/h1-10,15H,11-14,16H2,(H2,26,31). The number of hydrogen-bond donors (Lipinski definition) is 1. The van der Waals surface area contributed by atoms with Crippen molar-refractivity contribution in [1.29, 1.82) is 0 Å². The molecule has 0 radical (unpaired) electrons. The van der Waals surface area contributed by atoms with Crippen LogP contribution >= 0.6 is 23.1 Å². The van der Waals surface area contributed by atoms with Crippen LogP contribution in [0.15, 0.2) is 71.2 Å². The largest absolute Gasteiger partial charge is 0.370 e. The number of anilines is 2. The summed E-state index contributed by atoms with van der Waals surface area (Å²) in [6, 6.07) is 20.0. The van der Waals surface area contributed by atoms with Crippen molar-refractivity contribution in [3.8, 4) is 10.7 Å². The molecule has 2 N–H and O–H groups in total. The quantitative estimate of drug-likeness (QED) is 0.388. The first-order valence-corrected chi connectivity index (χ1v) is 12.9. The number of fused-ring (bicyclic) bond motifs is 2. The van der Waals surface area contributed by atoms with Gasteiger partial charge < -0.3 is 10.3 Å². The monoisotopic (exact) mass is 489 g/mol. The van der Waals surface area contributed by atoms with Gasteiger partial charge in [0.05, 0.1) is 22.0 Å². The SMILES string of the molecule is NC(=O)CCn1c(SCC(=O)N2c3ccccc3CCc3ccccc32)nnc1-c1cccs1. The summed E-state index contributed by atoms with van der Waals surface area (Å²) >= 11 is 2.87. The van der Waals surface area contributed by atoms with E-state index in [2.05, 4.69) is 22.3 Å². The minimum absolute atomic E-state index is 0.0334. The molecule has 5 rings (SSSR count). The Kier molecular flexibility index (Phi) is 6.46. The molecule has 0 spiro atoms. The number of amides is 2. The normalized spacial score (nSPS) is 12.6. The zero-order chi connectivity index (χ0) is 23.5. The predicted octanol–water partition coefficient (Wildman–Crippen LogP) is 4.44. The summed E-state index contributed by atoms with van der Waals surface area (Å²) < 4.78 is 1.87. The van der Waals surface area contributed by atoms with Crippen LogP contribution in [0.25, 0.3) is 10.7 Å². The van der Waals surface area contributed by atoms with Gasteiger partial charge in [-0.2, -0.15) is 0 Å². The zero-order valence-corrected chi connectivity index (χ0v) is 20.0. The fraction of sp³-hybridized carbons (Fsp3) is 0.200. The Morgan fingerprint density at radius 3 is 2.24 bits per heavy atom. The third-order valence-electron chi connectivity index (χ3n) is 5.74. The third kappa shape index (κ3) is 4.49. The van der Waals surface area contributed by atoms with E-state index in [1.807, 2.05) is 63.4 Å². The summed E-state index contributed by atoms with van der Waals surface area (Å²) in [7, 11) is 0. The average molecular weight is 490 g/mol. The van der Waals surface area contributed by atoms with Crippen LogP contribution in [-0.4, -0.2) is 32.3 Å². The van der Waals surface area contributed by atoms with E-state index in [1.54, 1.807) is 11.3 Å². The number of hydrogen-bond acceptors (Lipinski definition) is 6. The maximum atomic E-state index is 13.6. The van der Waals surface area contributed by atoms with Gasteiger partial charge in [0.25, 0.3) is 0 Å². The van der Waals surface area contributed by atoms with Crippen LogP contribution in [0.1, 0.15) is 17.5 Å². The molecule has 0 unspecified atom stereocenters. The van der Waals surface area contributed by atoms with E-state index in [-0.39, 0.29) is 18.1 Å². The molecule has 4 aromatic rings. The second-order valence-corrected chi connectivity index (χ2v) is 9.82. The molecular weight excluding hydrogens is 466 g/mol. The Labute approximate surface area is 205 Å². The Morgan fingerprint density at radius 2 is 1.62 bits per heavy atom. The van der Waals surface area contributed by atoms with E-state index in [1.165, 1.54) is 11.8 Å². The summed E-state index contributed by atoms with van der Waals surface area (Å²) in [6.07, 6.45) is 1.94. The molecule has 0 fully saturated rings. The molecule has 2 aromatic carbocycles. The van der Waals surface area contributed by atoms with E-state index in [9.17, 15) is 9.59 Å². The Hall–Kier alpha value is -3.43. The maximum Gasteiger partial charge on any atom is 0.242 e. The van der Waals surface area contributed by atoms with Crippen molar-refractivity contribution in [2.45, 2.75) is 31.0 Å². The minimum atomic E-state index is -0.393. The molecule has 0 saturated carbocycles. The van der Waals surface area contributed by atoms with Crippen molar-refractivity contribution in [3.05, 3.63) is 77.2 Å². The lowest BCUT2D eigenvalue weighted by atomic mass is 10.0. The molecule has 0 saturated heterocycles. The van der Waals surface area contributed by atoms with Crippen LogP contribution in [-0.2, 0) is 29.0 Å². The van der Waals surface area contributed by atoms with E-state index in [4.69, 9.17) is 5.73 Å². The number of primary amides is 1. The van der Waals surface area contributed by atoms with Crippen molar-refractivity contribution >= 4 is 46.3 Å². The van der Waals surface area contributed by atoms with Gasteiger partial charge in [-0.1, -0.05) is 54.2 Å². The summed E-state index contributed by atoms with van der Waals surface area (Å²) in [5, 5.41) is 11.2. The number of thioether (sulfide) groups is 1. The van der Waals surface area contributed by atoms with E-state index in [0.717, 1.165) is 40.2 Å². The molecule has 1 aliphatic heterocycles. The van der Waals surface area contributed by atoms with Crippen LogP contribution in [0.5, 0.6) is 0 Å². The van der Waals surface area contributed by atoms with Crippen molar-refractivity contribution in [2.75, 3.05) is 10.7 Å². The van der Waals surface area contributed by atoms with E-state index in [0.29, 0.717) is 17.5 Å². The lowest BCUT2D eigenvalue weighted by molar-refractivity contribution is -0.118. The topological polar surface area (TPSA) is 94.1 Å². The number of carbonyl (C=O) groups is 2. The van der Waals surface area contributed by atoms with Crippen LogP contribution in [0.2, 0.25) is 0 Å². The number of benzene rings is 2. The fourth-order valence-corrected chi connectivity index (χ4v) is 5.68. The van der Waals surface area contributed by atoms with Gasteiger partial charge in [0.1, 0.15) is 0 Å². The highest BCUT2D eigenvalue weighted by atomic mass is 32.2. The predicted molar refractivity (Wildman–Crippen MR) is 135 cm³/mol. The number of thiophene rings is 1. The first-order valence-electron chi connectivity index (χ1n) is 11.0. The summed E-state index contributed by atoms with van der Waals surface area (Å²) in [6.45, 7) is 0.363. The number of rotatable bonds is 7. The molecule has 3 heterocycles. The number of nitrogens with two attached hydrogens (primary N) is 1. The molecule has 9 heteroatoms. The van der Waals surface area contributed by atoms with Gasteiger partial charge in [-0.05, 0) is 47.5 Å². The van der Waals surface area contributed by atoms with Gasteiger partial charge in [0, 0.05) is 13.0 Å². The van der Waals surface area contributed by atoms with Crippen molar-refractivity contribution < 1.29 is 9.59 Å². The van der Waals surface area contributed by atoms with Crippen molar-refractivity contribution in [3.63, 3.8) is 0 Å². The first kappa shape index (κ1) is 22.4. The molecule has 0 aliphatic carbocycles. The fourth-order valence-electron chi connectivity index (χ4n) is 4.15. The second-order valence-electron chi connectivity index (χ2n) is 7.93. The van der Waals surface area contributed by atoms with Gasteiger partial charge in [-0.15, -0.1) is 21.5 Å². The smallest absolute Gasteiger partial charge is 0.242 e. The molecular formula is C25H23N5O2S2. The van der Waals surface area contributed by atoms with Crippen LogP contribution in [0.4, 0.5) is 11.4 Å². The molecule has 2 aromatic heterocycles. The van der Waals surface area contributed by atoms with Crippen LogP contribution in [0.3, 0.4) is 0 Å². The van der Waals surface area contributed by atoms with Gasteiger partial charge >= 0.3 is 0 Å². The van der Waals surface area contributed by atoms with Crippen LogP contribution < -0.4 is 10.6 Å². The molecule has 1 aliphatic rings. The summed E-state index contributed by atoms with van der Waals surface area (Å²) in [4.78, 5) is 27.9. The highest BCUT2D eigenvalue weighted by molar-refractivity contribution is 7.99. The van der Waals surface area contributed by atoms with Gasteiger partial charge in [-0.25, -0.2) is 0 Å². The Bertz CT molecular complexity index is 1290. The van der Waals surface area contributed by atoms with Gasteiger partial charge in [-0.3, -0.25) is 14.5 Å². The Morgan fingerprint density at radius 1 is 0.941 bits per heavy atom. The van der Waals surface area contributed by atoms with Crippen molar-refractivity contribution in [1.82, 2.24) is 14.8 Å². The Balaban J connectivity index is 1.44.